The van der Waals surface area contributed by atoms with E-state index in [1.165, 1.54) is 10.1 Å². The van der Waals surface area contributed by atoms with E-state index >= 15 is 0 Å². The Morgan fingerprint density at radius 2 is 1.85 bits per heavy atom. The summed E-state index contributed by atoms with van der Waals surface area (Å²) in [6.07, 6.45) is 5.92. The number of fused-ring (bicyclic) bond motifs is 1. The van der Waals surface area contributed by atoms with E-state index in [1.54, 1.807) is 7.05 Å². The third-order valence-corrected chi connectivity index (χ3v) is 7.40. The summed E-state index contributed by atoms with van der Waals surface area (Å²) in [5.74, 6) is -0.370. The Labute approximate surface area is 201 Å². The quantitative estimate of drug-likeness (QED) is 0.485. The number of rotatable bonds is 6. The van der Waals surface area contributed by atoms with E-state index in [0.29, 0.717) is 18.7 Å². The van der Waals surface area contributed by atoms with Gasteiger partial charge in [0, 0.05) is 20.1 Å². The molecule has 34 heavy (non-hydrogen) atoms. The first-order chi connectivity index (χ1) is 16.2. The SMILES string of the molecule is Cn1c(=O)oc2cc(C3(C(C)(C)C)CCCCN3C(=O)NCCCCc3ccccc3)ccc21. The van der Waals surface area contributed by atoms with Crippen molar-refractivity contribution in [3.8, 4) is 0 Å². The van der Waals surface area contributed by atoms with Gasteiger partial charge in [0.05, 0.1) is 11.1 Å². The zero-order chi connectivity index (χ0) is 24.3. The molecule has 4 rings (SSSR count). The fourth-order valence-electron chi connectivity index (χ4n) is 5.55. The summed E-state index contributed by atoms with van der Waals surface area (Å²) in [4.78, 5) is 27.6. The van der Waals surface area contributed by atoms with Crippen molar-refractivity contribution in [1.29, 1.82) is 0 Å². The highest BCUT2D eigenvalue weighted by atomic mass is 16.4. The van der Waals surface area contributed by atoms with E-state index in [-0.39, 0.29) is 17.2 Å². The van der Waals surface area contributed by atoms with Gasteiger partial charge >= 0.3 is 11.8 Å². The third-order valence-electron chi connectivity index (χ3n) is 7.40. The first-order valence-corrected chi connectivity index (χ1v) is 12.4. The lowest BCUT2D eigenvalue weighted by Crippen LogP contribution is -2.61. The minimum atomic E-state index is -0.484. The molecule has 6 heteroatoms. The normalized spacial score (nSPS) is 18.9. The highest BCUT2D eigenvalue weighted by Crippen LogP contribution is 2.50. The molecule has 2 heterocycles. The summed E-state index contributed by atoms with van der Waals surface area (Å²) in [6, 6.07) is 16.4. The molecule has 182 valence electrons. The number of oxazole rings is 1. The molecule has 2 amide bonds. The number of aryl methyl sites for hydroxylation is 2. The number of benzene rings is 2. The number of carbonyl (C=O) groups excluding carboxylic acids is 1. The number of aromatic nitrogens is 1. The molecule has 2 aromatic carbocycles. The van der Waals surface area contributed by atoms with Gasteiger partial charge < -0.3 is 14.6 Å². The predicted octanol–water partition coefficient (Wildman–Crippen LogP) is 5.59. The number of piperidine rings is 1. The van der Waals surface area contributed by atoms with Crippen LogP contribution in [0.2, 0.25) is 0 Å². The molecule has 0 saturated carbocycles. The van der Waals surface area contributed by atoms with Crippen molar-refractivity contribution >= 4 is 17.1 Å². The topological polar surface area (TPSA) is 67.5 Å². The van der Waals surface area contributed by atoms with Gasteiger partial charge in [-0.1, -0.05) is 57.2 Å². The Morgan fingerprint density at radius 1 is 1.09 bits per heavy atom. The van der Waals surface area contributed by atoms with Gasteiger partial charge in [0.1, 0.15) is 0 Å². The molecule has 1 aliphatic heterocycles. The van der Waals surface area contributed by atoms with Crippen LogP contribution in [-0.2, 0) is 19.0 Å². The summed E-state index contributed by atoms with van der Waals surface area (Å²) in [7, 11) is 1.71. The molecule has 6 nitrogen and oxygen atoms in total. The number of nitrogens with one attached hydrogen (secondary N) is 1. The van der Waals surface area contributed by atoms with Crippen LogP contribution in [0.4, 0.5) is 4.79 Å². The second-order valence-electron chi connectivity index (χ2n) is 10.5. The molecule has 1 aromatic heterocycles. The van der Waals surface area contributed by atoms with Crippen molar-refractivity contribution in [2.24, 2.45) is 12.5 Å². The van der Waals surface area contributed by atoms with Crippen molar-refractivity contribution < 1.29 is 9.21 Å². The second kappa shape index (κ2) is 9.69. The maximum Gasteiger partial charge on any atom is 0.419 e. The van der Waals surface area contributed by atoms with E-state index in [0.717, 1.165) is 49.6 Å². The molecule has 0 radical (unpaired) electrons. The highest BCUT2D eigenvalue weighted by molar-refractivity contribution is 5.77. The Balaban J connectivity index is 1.54. The van der Waals surface area contributed by atoms with Crippen molar-refractivity contribution in [1.82, 2.24) is 14.8 Å². The zero-order valence-corrected chi connectivity index (χ0v) is 20.9. The molecule has 0 bridgehead atoms. The van der Waals surface area contributed by atoms with E-state index < -0.39 is 5.54 Å². The van der Waals surface area contributed by atoms with Crippen LogP contribution >= 0.6 is 0 Å². The second-order valence-corrected chi connectivity index (χ2v) is 10.5. The molecule has 1 unspecified atom stereocenters. The lowest BCUT2D eigenvalue weighted by atomic mass is 9.64. The minimum Gasteiger partial charge on any atom is -0.408 e. The van der Waals surface area contributed by atoms with Crippen LogP contribution < -0.4 is 11.1 Å². The number of amides is 2. The maximum atomic E-state index is 13.5. The lowest BCUT2D eigenvalue weighted by molar-refractivity contribution is -0.0135. The largest absolute Gasteiger partial charge is 0.419 e. The number of likely N-dealkylation sites (tertiary alicyclic amines) is 1. The molecular weight excluding hydrogens is 426 g/mol. The first-order valence-electron chi connectivity index (χ1n) is 12.4. The predicted molar refractivity (Wildman–Crippen MR) is 136 cm³/mol. The van der Waals surface area contributed by atoms with Crippen molar-refractivity contribution in [2.45, 2.75) is 64.8 Å². The highest BCUT2D eigenvalue weighted by Gasteiger charge is 2.51. The molecule has 3 aromatic rings. The van der Waals surface area contributed by atoms with Crippen molar-refractivity contribution in [3.63, 3.8) is 0 Å². The van der Waals surface area contributed by atoms with Gasteiger partial charge in [0.15, 0.2) is 5.58 Å². The van der Waals surface area contributed by atoms with Gasteiger partial charge in [-0.25, -0.2) is 9.59 Å². The molecule has 0 aliphatic carbocycles. The molecule has 0 spiro atoms. The van der Waals surface area contributed by atoms with E-state index in [9.17, 15) is 9.59 Å². The summed E-state index contributed by atoms with van der Waals surface area (Å²) in [5, 5.41) is 3.20. The Morgan fingerprint density at radius 3 is 2.59 bits per heavy atom. The third kappa shape index (κ3) is 4.50. The molecule has 1 atom stereocenters. The number of carbonyl (C=O) groups is 1. The monoisotopic (exact) mass is 463 g/mol. The molecule has 1 aliphatic rings. The van der Waals surface area contributed by atoms with Gasteiger partial charge in [-0.05, 0) is 67.2 Å². The van der Waals surface area contributed by atoms with Crippen LogP contribution in [0.5, 0.6) is 0 Å². The van der Waals surface area contributed by atoms with Crippen LogP contribution in [0.15, 0.2) is 57.7 Å². The summed E-state index contributed by atoms with van der Waals surface area (Å²) >= 11 is 0. The average Bonchev–Trinajstić information content (AvgIpc) is 3.11. The van der Waals surface area contributed by atoms with Gasteiger partial charge in [-0.3, -0.25) is 4.57 Å². The molecule has 1 N–H and O–H groups in total. The Hall–Kier alpha value is -3.02. The molecule has 1 fully saturated rings. The van der Waals surface area contributed by atoms with E-state index in [4.69, 9.17) is 4.42 Å². The van der Waals surface area contributed by atoms with Gasteiger partial charge in [-0.15, -0.1) is 0 Å². The first kappa shape index (κ1) is 24.1. The van der Waals surface area contributed by atoms with Crippen LogP contribution in [0.3, 0.4) is 0 Å². The standard InChI is InChI=1S/C28H37N3O3/c1-27(2,3)28(22-15-16-23-24(20-22)34-26(33)30(23)4)17-9-11-19-31(28)25(32)29-18-10-8-14-21-12-6-5-7-13-21/h5-7,12-13,15-16,20H,8-11,14,17-19H2,1-4H3,(H,29,32). The van der Waals surface area contributed by atoms with Crippen LogP contribution in [0.1, 0.15) is 64.0 Å². The van der Waals surface area contributed by atoms with Gasteiger partial charge in [-0.2, -0.15) is 0 Å². The number of hydrogen-bond donors (Lipinski definition) is 1. The number of hydrogen-bond acceptors (Lipinski definition) is 3. The fourth-order valence-corrected chi connectivity index (χ4v) is 5.55. The molecular formula is C28H37N3O3. The van der Waals surface area contributed by atoms with E-state index in [2.05, 4.69) is 56.4 Å². The zero-order valence-electron chi connectivity index (χ0n) is 20.9. The number of urea groups is 1. The minimum absolute atomic E-state index is 0.0102. The smallest absolute Gasteiger partial charge is 0.408 e. The van der Waals surface area contributed by atoms with Crippen LogP contribution in [0.25, 0.3) is 11.1 Å². The fraction of sp³-hybridized carbons (Fsp3) is 0.500. The van der Waals surface area contributed by atoms with Crippen LogP contribution in [0, 0.1) is 5.41 Å². The van der Waals surface area contributed by atoms with Gasteiger partial charge in [0.25, 0.3) is 0 Å². The van der Waals surface area contributed by atoms with Crippen molar-refractivity contribution in [2.75, 3.05) is 13.1 Å². The number of unbranched alkanes of at least 4 members (excludes halogenated alkanes) is 1. The Kier molecular flexibility index (Phi) is 6.87. The van der Waals surface area contributed by atoms with E-state index in [1.807, 2.05) is 23.1 Å². The maximum absolute atomic E-state index is 13.5. The van der Waals surface area contributed by atoms with Crippen molar-refractivity contribution in [3.05, 3.63) is 70.2 Å². The van der Waals surface area contributed by atoms with Gasteiger partial charge in [0.2, 0.25) is 0 Å². The van der Waals surface area contributed by atoms with Crippen LogP contribution in [-0.4, -0.2) is 28.6 Å². The number of nitrogens with zero attached hydrogens (tertiary/aromatic N) is 2. The molecule has 1 saturated heterocycles. The average molecular weight is 464 g/mol. The summed E-state index contributed by atoms with van der Waals surface area (Å²) < 4.78 is 7.02. The Bertz CT molecular complexity index is 1190. The summed E-state index contributed by atoms with van der Waals surface area (Å²) in [5.41, 5.74) is 3.01. The summed E-state index contributed by atoms with van der Waals surface area (Å²) in [6.45, 7) is 7.97. The lowest BCUT2D eigenvalue weighted by Gasteiger charge is -2.55.